The molecule has 0 radical (unpaired) electrons. The average molecular weight is 291 g/mol. The van der Waals surface area contributed by atoms with Crippen molar-refractivity contribution in [1.29, 1.82) is 0 Å². The van der Waals surface area contributed by atoms with Crippen LogP contribution in [0.25, 0.3) is 0 Å². The van der Waals surface area contributed by atoms with Crippen LogP contribution in [0.2, 0.25) is 0 Å². The van der Waals surface area contributed by atoms with Crippen molar-refractivity contribution in [2.75, 3.05) is 19.0 Å². The first-order valence-electron chi connectivity index (χ1n) is 5.82. The first-order valence-corrected chi connectivity index (χ1v) is 5.82. The van der Waals surface area contributed by atoms with Gasteiger partial charge in [0.2, 0.25) is 0 Å². The van der Waals surface area contributed by atoms with Gasteiger partial charge in [-0.15, -0.1) is 13.2 Å². The van der Waals surface area contributed by atoms with Crippen molar-refractivity contribution < 1.29 is 27.4 Å². The molecule has 112 valence electrons. The standard InChI is InChI=1S/C13H16F3NO3/c1-12(2,11(18)19-3)8-17-9-4-6-10(7-5-9)20-13(14,15)16/h4-7,17H,8H2,1-3H3. The highest BCUT2D eigenvalue weighted by Gasteiger charge is 2.31. The van der Waals surface area contributed by atoms with E-state index in [1.807, 2.05) is 0 Å². The lowest BCUT2D eigenvalue weighted by Gasteiger charge is -2.22. The number of benzene rings is 1. The van der Waals surface area contributed by atoms with Crippen LogP contribution in [-0.4, -0.2) is 26.0 Å². The Morgan fingerprint density at radius 1 is 1.20 bits per heavy atom. The molecular weight excluding hydrogens is 275 g/mol. The fourth-order valence-corrected chi connectivity index (χ4v) is 1.45. The van der Waals surface area contributed by atoms with Gasteiger partial charge in [0.1, 0.15) is 5.75 Å². The van der Waals surface area contributed by atoms with Crippen molar-refractivity contribution >= 4 is 11.7 Å². The van der Waals surface area contributed by atoms with Gasteiger partial charge in [0.05, 0.1) is 12.5 Å². The number of hydrogen-bond donors (Lipinski definition) is 1. The predicted octanol–water partition coefficient (Wildman–Crippen LogP) is 3.20. The van der Waals surface area contributed by atoms with Crippen LogP contribution in [0.15, 0.2) is 24.3 Å². The maximum atomic E-state index is 12.0. The maximum absolute atomic E-state index is 12.0. The number of halogens is 3. The molecule has 1 aromatic rings. The highest BCUT2D eigenvalue weighted by molar-refractivity contribution is 5.76. The summed E-state index contributed by atoms with van der Waals surface area (Å²) in [6, 6.07) is 5.27. The number of esters is 1. The summed E-state index contributed by atoms with van der Waals surface area (Å²) in [5.41, 5.74) is -0.160. The van der Waals surface area contributed by atoms with E-state index >= 15 is 0 Å². The van der Waals surface area contributed by atoms with E-state index in [0.29, 0.717) is 12.2 Å². The van der Waals surface area contributed by atoms with Crippen molar-refractivity contribution in [1.82, 2.24) is 0 Å². The molecule has 0 unspecified atom stereocenters. The van der Waals surface area contributed by atoms with E-state index < -0.39 is 11.8 Å². The Morgan fingerprint density at radius 2 is 1.75 bits per heavy atom. The van der Waals surface area contributed by atoms with Crippen molar-refractivity contribution in [2.24, 2.45) is 5.41 Å². The molecule has 20 heavy (non-hydrogen) atoms. The molecule has 1 N–H and O–H groups in total. The van der Waals surface area contributed by atoms with Crippen LogP contribution < -0.4 is 10.1 Å². The zero-order valence-corrected chi connectivity index (χ0v) is 11.4. The minimum absolute atomic E-state index is 0.291. The number of carbonyl (C=O) groups excluding carboxylic acids is 1. The van der Waals surface area contributed by atoms with Gasteiger partial charge in [0.15, 0.2) is 0 Å². The predicted molar refractivity (Wildman–Crippen MR) is 67.4 cm³/mol. The van der Waals surface area contributed by atoms with Gasteiger partial charge in [-0.3, -0.25) is 4.79 Å². The smallest absolute Gasteiger partial charge is 0.469 e. The molecule has 0 aliphatic heterocycles. The Labute approximate surface area is 114 Å². The van der Waals surface area contributed by atoms with Gasteiger partial charge in [0.25, 0.3) is 0 Å². The molecule has 0 atom stereocenters. The largest absolute Gasteiger partial charge is 0.573 e. The van der Waals surface area contributed by atoms with E-state index in [1.165, 1.54) is 31.4 Å². The summed E-state index contributed by atoms with van der Waals surface area (Å²) in [5, 5.41) is 2.95. The van der Waals surface area contributed by atoms with Crippen molar-refractivity contribution in [2.45, 2.75) is 20.2 Å². The molecule has 0 aromatic heterocycles. The van der Waals surface area contributed by atoms with E-state index in [-0.39, 0.29) is 11.7 Å². The second-order valence-electron chi connectivity index (χ2n) is 4.80. The van der Waals surface area contributed by atoms with Crippen LogP contribution in [0.5, 0.6) is 5.75 Å². The fourth-order valence-electron chi connectivity index (χ4n) is 1.45. The van der Waals surface area contributed by atoms with Gasteiger partial charge >= 0.3 is 12.3 Å². The second kappa shape index (κ2) is 6.02. The second-order valence-corrected chi connectivity index (χ2v) is 4.80. The first kappa shape index (κ1) is 16.1. The molecule has 0 saturated carbocycles. The van der Waals surface area contributed by atoms with E-state index in [2.05, 4.69) is 14.8 Å². The van der Waals surface area contributed by atoms with Gasteiger partial charge in [-0.05, 0) is 38.1 Å². The molecule has 0 amide bonds. The van der Waals surface area contributed by atoms with Gasteiger partial charge in [-0.25, -0.2) is 0 Å². The third-order valence-electron chi connectivity index (χ3n) is 2.56. The number of alkyl halides is 3. The zero-order valence-electron chi connectivity index (χ0n) is 11.4. The first-order chi connectivity index (χ1) is 9.14. The Bertz CT molecular complexity index is 455. The molecule has 1 rings (SSSR count). The van der Waals surface area contributed by atoms with Crippen molar-refractivity contribution in [3.8, 4) is 5.75 Å². The maximum Gasteiger partial charge on any atom is 0.573 e. The number of hydrogen-bond acceptors (Lipinski definition) is 4. The molecule has 1 aromatic carbocycles. The third-order valence-corrected chi connectivity index (χ3v) is 2.56. The lowest BCUT2D eigenvalue weighted by Crippen LogP contribution is -2.33. The normalized spacial score (nSPS) is 11.9. The summed E-state index contributed by atoms with van der Waals surface area (Å²) >= 11 is 0. The number of nitrogens with one attached hydrogen (secondary N) is 1. The Kier molecular flexibility index (Phi) is 4.86. The van der Waals surface area contributed by atoms with Gasteiger partial charge in [-0.2, -0.15) is 0 Å². The van der Waals surface area contributed by atoms with Crippen LogP contribution >= 0.6 is 0 Å². The van der Waals surface area contributed by atoms with Gasteiger partial charge < -0.3 is 14.8 Å². The summed E-state index contributed by atoms with van der Waals surface area (Å²) in [7, 11) is 1.30. The van der Waals surface area contributed by atoms with Gasteiger partial charge in [-0.1, -0.05) is 0 Å². The zero-order chi connectivity index (χ0) is 15.4. The van der Waals surface area contributed by atoms with Crippen LogP contribution in [0.3, 0.4) is 0 Å². The minimum Gasteiger partial charge on any atom is -0.469 e. The quantitative estimate of drug-likeness (QED) is 0.846. The van der Waals surface area contributed by atoms with Crippen LogP contribution in [-0.2, 0) is 9.53 Å². The molecule has 0 aliphatic carbocycles. The average Bonchev–Trinajstić information content (AvgIpc) is 2.35. The Balaban J connectivity index is 2.60. The third kappa shape index (κ3) is 4.99. The van der Waals surface area contributed by atoms with E-state index in [9.17, 15) is 18.0 Å². The number of anilines is 1. The van der Waals surface area contributed by atoms with Crippen molar-refractivity contribution in [3.05, 3.63) is 24.3 Å². The van der Waals surface area contributed by atoms with E-state index in [0.717, 1.165) is 0 Å². The summed E-state index contributed by atoms with van der Waals surface area (Å²) in [6.07, 6.45) is -4.71. The Hall–Kier alpha value is -1.92. The number of ether oxygens (including phenoxy) is 2. The molecule has 0 spiro atoms. The van der Waals surface area contributed by atoms with E-state index in [1.54, 1.807) is 13.8 Å². The molecular formula is C13H16F3NO3. The van der Waals surface area contributed by atoms with Crippen LogP contribution in [0.4, 0.5) is 18.9 Å². The molecule has 0 aliphatic rings. The molecule has 0 bridgehead atoms. The monoisotopic (exact) mass is 291 g/mol. The van der Waals surface area contributed by atoms with Crippen molar-refractivity contribution in [3.63, 3.8) is 0 Å². The molecule has 0 heterocycles. The number of rotatable bonds is 5. The highest BCUT2D eigenvalue weighted by atomic mass is 19.4. The minimum atomic E-state index is -4.71. The Morgan fingerprint density at radius 3 is 2.20 bits per heavy atom. The summed E-state index contributed by atoms with van der Waals surface area (Å²) in [4.78, 5) is 11.5. The van der Waals surface area contributed by atoms with Crippen LogP contribution in [0, 0.1) is 5.41 Å². The topological polar surface area (TPSA) is 47.6 Å². The fraction of sp³-hybridized carbons (Fsp3) is 0.462. The summed E-state index contributed by atoms with van der Waals surface area (Å²) < 4.78 is 44.4. The molecule has 7 heteroatoms. The lowest BCUT2D eigenvalue weighted by molar-refractivity contribution is -0.274. The van der Waals surface area contributed by atoms with Gasteiger partial charge in [0, 0.05) is 12.2 Å². The summed E-state index contributed by atoms with van der Waals surface area (Å²) in [6.45, 7) is 3.69. The van der Waals surface area contributed by atoms with E-state index in [4.69, 9.17) is 0 Å². The highest BCUT2D eigenvalue weighted by Crippen LogP contribution is 2.25. The molecule has 4 nitrogen and oxygen atoms in total. The number of carbonyl (C=O) groups is 1. The SMILES string of the molecule is COC(=O)C(C)(C)CNc1ccc(OC(F)(F)F)cc1. The summed E-state index contributed by atoms with van der Waals surface area (Å²) in [5.74, 6) is -0.669. The molecule has 0 fully saturated rings. The lowest BCUT2D eigenvalue weighted by atomic mass is 9.93. The van der Waals surface area contributed by atoms with Crippen LogP contribution in [0.1, 0.15) is 13.8 Å². The number of methoxy groups -OCH3 is 1. The molecule has 0 saturated heterocycles.